The smallest absolute Gasteiger partial charge is 0.505 e. The molecule has 2 unspecified atom stereocenters. The second-order valence-corrected chi connectivity index (χ2v) is 13.0. The molecular weight excluding hydrogens is 746 g/mol. The number of aryl methyl sites for hydroxylation is 1. The predicted molar refractivity (Wildman–Crippen MR) is 175 cm³/mol. The van der Waals surface area contributed by atoms with Gasteiger partial charge in [0.2, 0.25) is 8.15 Å². The van der Waals surface area contributed by atoms with Crippen LogP contribution in [0.5, 0.6) is 0 Å². The maximum Gasteiger partial charge on any atom is 3.00 e. The van der Waals surface area contributed by atoms with Crippen molar-refractivity contribution in [3.05, 3.63) is 139 Å². The zero-order valence-electron chi connectivity index (χ0n) is 25.2. The predicted octanol–water partition coefficient (Wildman–Crippen LogP) is 6.41. The van der Waals surface area contributed by atoms with Crippen LogP contribution in [0.2, 0.25) is 0 Å². The molecule has 0 aliphatic carbocycles. The molecule has 44 heavy (non-hydrogen) atoms. The molecule has 2 aliphatic rings. The van der Waals surface area contributed by atoms with E-state index in [-0.39, 0.29) is 34.5 Å². The first-order valence-electron chi connectivity index (χ1n) is 14.8. The van der Waals surface area contributed by atoms with E-state index in [0.717, 1.165) is 11.3 Å². The van der Waals surface area contributed by atoms with Crippen molar-refractivity contribution in [3.63, 3.8) is 0 Å². The number of allylic oxidation sites excluding steroid dienone is 1. The summed E-state index contributed by atoms with van der Waals surface area (Å²) in [6.07, 6.45) is 5.66. The van der Waals surface area contributed by atoms with E-state index in [0.29, 0.717) is 12.4 Å². The van der Waals surface area contributed by atoms with Gasteiger partial charge in [0.05, 0.1) is 0 Å². The van der Waals surface area contributed by atoms with Crippen molar-refractivity contribution in [1.29, 1.82) is 0 Å². The van der Waals surface area contributed by atoms with Crippen LogP contribution < -0.4 is 20.1 Å². The zero-order chi connectivity index (χ0) is 29.5. The first-order chi connectivity index (χ1) is 21.0. The van der Waals surface area contributed by atoms with Gasteiger partial charge in [-0.05, 0) is 62.4 Å². The van der Waals surface area contributed by atoms with Gasteiger partial charge in [0.1, 0.15) is 35.5 Å². The van der Waals surface area contributed by atoms with E-state index in [1.54, 1.807) is 0 Å². The fraction of sp³-hybridized carbons (Fsp3) is 0.189. The quantitative estimate of drug-likeness (QED) is 0.0599. The number of benzene rings is 4. The summed E-state index contributed by atoms with van der Waals surface area (Å²) in [5.74, 6) is 0.647. The molecule has 224 valence electrons. The van der Waals surface area contributed by atoms with Gasteiger partial charge >= 0.3 is 22.4 Å². The third-order valence-electron chi connectivity index (χ3n) is 8.48. The Morgan fingerprint density at radius 1 is 0.932 bits per heavy atom. The molecule has 5 nitrogen and oxygen atoms in total. The Balaban J connectivity index is 0.00000343. The molecular formula is C37H35AuN3O2P+2. The van der Waals surface area contributed by atoms with Gasteiger partial charge in [-0.3, -0.25) is 4.57 Å². The molecule has 0 N–H and O–H groups in total. The van der Waals surface area contributed by atoms with Crippen molar-refractivity contribution < 1.29 is 36.3 Å². The Bertz CT molecular complexity index is 1800. The van der Waals surface area contributed by atoms with Gasteiger partial charge in [0.15, 0.2) is 0 Å². The molecule has 4 aromatic carbocycles. The maximum absolute atomic E-state index is 6.81. The summed E-state index contributed by atoms with van der Waals surface area (Å²) < 4.78 is 15.6. The number of ether oxygens (including phenoxy) is 1. The van der Waals surface area contributed by atoms with E-state index in [1.165, 1.54) is 38.3 Å². The summed E-state index contributed by atoms with van der Waals surface area (Å²) in [4.78, 5) is 2.32. The van der Waals surface area contributed by atoms with E-state index in [9.17, 15) is 0 Å². The van der Waals surface area contributed by atoms with Gasteiger partial charge < -0.3 is 15.7 Å². The molecule has 0 saturated heterocycles. The number of hydrogen-bond donors (Lipinski definition) is 0. The minimum atomic E-state index is -1.56. The van der Waals surface area contributed by atoms with Crippen LogP contribution in [0, 0.1) is 12.1 Å². The zero-order valence-corrected chi connectivity index (χ0v) is 28.4. The van der Waals surface area contributed by atoms with Crippen molar-refractivity contribution in [2.45, 2.75) is 32.9 Å². The molecule has 0 spiro atoms. The average molecular weight is 782 g/mol. The molecule has 2 aliphatic heterocycles. The van der Waals surface area contributed by atoms with Gasteiger partial charge in [-0.25, -0.2) is 5.06 Å². The van der Waals surface area contributed by atoms with Gasteiger partial charge in [-0.1, -0.05) is 54.6 Å². The molecule has 0 radical (unpaired) electrons. The van der Waals surface area contributed by atoms with Crippen LogP contribution in [0.15, 0.2) is 126 Å². The third-order valence-corrected chi connectivity index (χ3v) is 10.6. The van der Waals surface area contributed by atoms with Crippen LogP contribution in [0.25, 0.3) is 22.0 Å². The molecule has 7 heteroatoms. The molecule has 1 aromatic heterocycles. The van der Waals surface area contributed by atoms with E-state index in [4.69, 9.17) is 9.36 Å². The maximum atomic E-state index is 6.81. The number of anilines is 1. The normalized spacial score (nSPS) is 17.5. The van der Waals surface area contributed by atoms with Gasteiger partial charge in [0.25, 0.3) is 0 Å². The fourth-order valence-electron chi connectivity index (χ4n) is 6.11. The van der Waals surface area contributed by atoms with Crippen LogP contribution in [0.3, 0.4) is 0 Å². The Morgan fingerprint density at radius 3 is 2.30 bits per heavy atom. The summed E-state index contributed by atoms with van der Waals surface area (Å²) in [7, 11) is 0.524. The topological polar surface area (TPSA) is 28.8 Å². The van der Waals surface area contributed by atoms with Crippen LogP contribution >= 0.6 is 8.15 Å². The summed E-state index contributed by atoms with van der Waals surface area (Å²) in [5, 5.41) is 5.49. The van der Waals surface area contributed by atoms with Crippen molar-refractivity contribution in [3.8, 4) is 11.1 Å². The minimum absolute atomic E-state index is 0. The SMILES string of the molecule is CCN(O[PH+](c1ccccc1)c1ccccc1)C1=[C-]C2C(O1)C(C)=C(C)N2c1[c-]c(-c2cccc3c2[cH-]c[n+]3C)ccc1.[Au+3]. The van der Waals surface area contributed by atoms with Gasteiger partial charge in [0, 0.05) is 18.1 Å². The number of fused-ring (bicyclic) bond motifs is 2. The largest absolute Gasteiger partial charge is 3.00 e. The Kier molecular flexibility index (Phi) is 8.87. The average Bonchev–Trinajstić information content (AvgIpc) is 3.72. The molecule has 0 fully saturated rings. The summed E-state index contributed by atoms with van der Waals surface area (Å²) >= 11 is 0. The first-order valence-corrected chi connectivity index (χ1v) is 16.2. The minimum Gasteiger partial charge on any atom is -0.505 e. The van der Waals surface area contributed by atoms with Crippen LogP contribution in [0.4, 0.5) is 5.69 Å². The second kappa shape index (κ2) is 12.8. The molecule has 7 rings (SSSR count). The van der Waals surface area contributed by atoms with E-state index < -0.39 is 8.15 Å². The third kappa shape index (κ3) is 5.45. The van der Waals surface area contributed by atoms with E-state index in [1.807, 2.05) is 17.2 Å². The summed E-state index contributed by atoms with van der Waals surface area (Å²) in [6, 6.07) is 39.6. The Labute approximate surface area is 276 Å². The summed E-state index contributed by atoms with van der Waals surface area (Å²) in [6.45, 7) is 7.05. The number of nitrogens with zero attached hydrogens (tertiary/aromatic N) is 3. The molecule has 0 saturated carbocycles. The van der Waals surface area contributed by atoms with Crippen molar-refractivity contribution in [2.75, 3.05) is 11.4 Å². The van der Waals surface area contributed by atoms with E-state index in [2.05, 4.69) is 147 Å². The Morgan fingerprint density at radius 2 is 1.61 bits per heavy atom. The van der Waals surface area contributed by atoms with E-state index >= 15 is 0 Å². The van der Waals surface area contributed by atoms with Crippen LogP contribution in [-0.4, -0.2) is 23.8 Å². The molecule has 0 amide bonds. The molecule has 0 bridgehead atoms. The molecule has 5 aromatic rings. The second-order valence-electron chi connectivity index (χ2n) is 11.0. The standard InChI is InChI=1S/C37H34N3O2P.Au/c1-5-39(42-43(30-16-8-6-9-17-30)31-18-10-7-11-19-31)36-25-35-37(41-36)26(2)27(3)40(35)29-15-12-14-28(24-29)32-20-13-21-34-33(32)22-23-38(34)4;/h6-23,35,37H,5H2,1-4H3;/q-2;+3/p+1. The van der Waals surface area contributed by atoms with Gasteiger partial charge in [-0.15, -0.1) is 45.9 Å². The van der Waals surface area contributed by atoms with Crippen molar-refractivity contribution in [2.24, 2.45) is 7.05 Å². The van der Waals surface area contributed by atoms with Crippen molar-refractivity contribution >= 4 is 35.3 Å². The fourth-order valence-corrected chi connectivity index (χ4v) is 8.08. The van der Waals surface area contributed by atoms with Crippen molar-refractivity contribution in [1.82, 2.24) is 5.06 Å². The van der Waals surface area contributed by atoms with Gasteiger partial charge in [-0.2, -0.15) is 5.56 Å². The first kappa shape index (κ1) is 30.5. The monoisotopic (exact) mass is 781 g/mol. The molecule has 3 heterocycles. The van der Waals surface area contributed by atoms with Crippen LogP contribution in [-0.2, 0) is 38.8 Å². The summed E-state index contributed by atoms with van der Waals surface area (Å²) in [5.41, 5.74) is 6.84. The number of hydrogen-bond acceptors (Lipinski definition) is 4. The molecule has 2 atom stereocenters. The number of rotatable bonds is 8. The number of aromatic nitrogens is 1. The van der Waals surface area contributed by atoms with Crippen LogP contribution in [0.1, 0.15) is 20.8 Å². The Hall–Kier alpha value is -3.57. The number of hydroxylamine groups is 2.